The fourth-order valence-corrected chi connectivity index (χ4v) is 1.92. The van der Waals surface area contributed by atoms with E-state index >= 15 is 0 Å². The smallest absolute Gasteiger partial charge is 0.323 e. The summed E-state index contributed by atoms with van der Waals surface area (Å²) in [4.78, 5) is 23.0. The Morgan fingerprint density at radius 1 is 1.24 bits per heavy atom. The van der Waals surface area contributed by atoms with Crippen molar-refractivity contribution < 1.29 is 23.5 Å². The van der Waals surface area contributed by atoms with Gasteiger partial charge in [-0.25, -0.2) is 8.78 Å². The van der Waals surface area contributed by atoms with Crippen molar-refractivity contribution in [1.82, 2.24) is 5.32 Å². The van der Waals surface area contributed by atoms with Crippen molar-refractivity contribution in [3.8, 4) is 0 Å². The molecule has 0 saturated carbocycles. The minimum absolute atomic E-state index is 0.282. The highest BCUT2D eigenvalue weighted by Crippen LogP contribution is 2.16. The molecule has 0 fully saturated rings. The van der Waals surface area contributed by atoms with Crippen LogP contribution in [0.5, 0.6) is 0 Å². The molecule has 0 radical (unpaired) electrons. The lowest BCUT2D eigenvalue weighted by Gasteiger charge is -2.27. The Labute approximate surface area is 121 Å². The third-order valence-electron chi connectivity index (χ3n) is 3.41. The van der Waals surface area contributed by atoms with E-state index in [1.165, 1.54) is 0 Å². The number of aliphatic carboxylic acids is 1. The van der Waals surface area contributed by atoms with Crippen molar-refractivity contribution in [2.24, 2.45) is 0 Å². The molecular weight excluding hydrogens is 282 g/mol. The summed E-state index contributed by atoms with van der Waals surface area (Å²) in [6, 6.07) is 2.70. The highest BCUT2D eigenvalue weighted by atomic mass is 19.1. The summed E-state index contributed by atoms with van der Waals surface area (Å²) in [7, 11) is 0. The van der Waals surface area contributed by atoms with E-state index in [0.29, 0.717) is 12.8 Å². The van der Waals surface area contributed by atoms with Crippen LogP contribution in [0.4, 0.5) is 14.5 Å². The summed E-state index contributed by atoms with van der Waals surface area (Å²) in [5.74, 6) is -3.15. The number of hydrogen-bond donors (Lipinski definition) is 3. The molecule has 21 heavy (non-hydrogen) atoms. The summed E-state index contributed by atoms with van der Waals surface area (Å²) < 4.78 is 26.3. The van der Waals surface area contributed by atoms with E-state index in [1.807, 2.05) is 0 Å². The van der Waals surface area contributed by atoms with E-state index in [2.05, 4.69) is 10.6 Å². The Morgan fingerprint density at radius 3 is 2.38 bits per heavy atom. The number of amides is 1. The van der Waals surface area contributed by atoms with E-state index in [1.54, 1.807) is 13.8 Å². The molecule has 0 aliphatic heterocycles. The van der Waals surface area contributed by atoms with Gasteiger partial charge in [-0.05, 0) is 25.0 Å². The van der Waals surface area contributed by atoms with E-state index in [4.69, 9.17) is 0 Å². The quantitative estimate of drug-likeness (QED) is 0.721. The van der Waals surface area contributed by atoms with Gasteiger partial charge in [0.15, 0.2) is 0 Å². The lowest BCUT2D eigenvalue weighted by molar-refractivity contribution is -0.145. The summed E-state index contributed by atoms with van der Waals surface area (Å²) in [6.45, 7) is 3.06. The van der Waals surface area contributed by atoms with Crippen molar-refractivity contribution in [1.29, 1.82) is 0 Å². The third-order valence-corrected chi connectivity index (χ3v) is 3.41. The largest absolute Gasteiger partial charge is 0.480 e. The van der Waals surface area contributed by atoms with Crippen LogP contribution in [0.15, 0.2) is 18.2 Å². The van der Waals surface area contributed by atoms with Gasteiger partial charge in [-0.3, -0.25) is 14.9 Å². The molecule has 1 rings (SSSR count). The lowest BCUT2D eigenvalue weighted by atomic mass is 9.93. The van der Waals surface area contributed by atoms with Crippen molar-refractivity contribution in [3.63, 3.8) is 0 Å². The Morgan fingerprint density at radius 2 is 1.86 bits per heavy atom. The minimum atomic E-state index is -1.21. The summed E-state index contributed by atoms with van der Waals surface area (Å²) in [5, 5.41) is 14.1. The number of carbonyl (C=O) groups is 2. The minimum Gasteiger partial charge on any atom is -0.480 e. The number of rotatable bonds is 7. The first kappa shape index (κ1) is 17.0. The molecule has 0 atom stereocenters. The molecule has 0 spiro atoms. The Hall–Kier alpha value is -2.02. The van der Waals surface area contributed by atoms with Gasteiger partial charge < -0.3 is 10.4 Å². The number of halogens is 2. The number of nitrogens with one attached hydrogen (secondary N) is 2. The van der Waals surface area contributed by atoms with Gasteiger partial charge >= 0.3 is 5.97 Å². The number of carboxylic acid groups (broad SMARTS) is 1. The number of carbonyl (C=O) groups excluding carboxylic acids is 1. The molecule has 5 nitrogen and oxygen atoms in total. The second kappa shape index (κ2) is 7.12. The molecule has 116 valence electrons. The zero-order chi connectivity index (χ0) is 16.0. The number of benzene rings is 1. The van der Waals surface area contributed by atoms with Crippen molar-refractivity contribution in [3.05, 3.63) is 29.8 Å². The summed E-state index contributed by atoms with van der Waals surface area (Å²) >= 11 is 0. The fourth-order valence-electron chi connectivity index (χ4n) is 1.92. The van der Waals surface area contributed by atoms with Gasteiger partial charge in [-0.1, -0.05) is 13.8 Å². The third kappa shape index (κ3) is 4.22. The van der Waals surface area contributed by atoms with E-state index < -0.39 is 29.0 Å². The van der Waals surface area contributed by atoms with E-state index in [0.717, 1.165) is 18.2 Å². The highest BCUT2D eigenvalue weighted by molar-refractivity contribution is 5.93. The molecule has 7 heteroatoms. The maximum atomic E-state index is 13.4. The van der Waals surface area contributed by atoms with Gasteiger partial charge in [0.1, 0.15) is 17.2 Å². The van der Waals surface area contributed by atoms with Gasteiger partial charge in [0.05, 0.1) is 12.2 Å². The first-order chi connectivity index (χ1) is 9.84. The van der Waals surface area contributed by atoms with Gasteiger partial charge in [-0.15, -0.1) is 0 Å². The van der Waals surface area contributed by atoms with Gasteiger partial charge in [-0.2, -0.15) is 0 Å². The average molecular weight is 300 g/mol. The monoisotopic (exact) mass is 300 g/mol. The second-order valence-electron chi connectivity index (χ2n) is 4.62. The van der Waals surface area contributed by atoms with Crippen LogP contribution >= 0.6 is 0 Å². The first-order valence-corrected chi connectivity index (χ1v) is 6.58. The molecular formula is C14H18F2N2O3. The normalized spacial score (nSPS) is 11.2. The molecule has 1 aromatic carbocycles. The molecule has 0 saturated heterocycles. The van der Waals surface area contributed by atoms with E-state index in [9.17, 15) is 23.5 Å². The van der Waals surface area contributed by atoms with Crippen LogP contribution in [0.1, 0.15) is 26.7 Å². The van der Waals surface area contributed by atoms with Crippen LogP contribution in [0.2, 0.25) is 0 Å². The molecule has 0 aliphatic rings. The van der Waals surface area contributed by atoms with Crippen LogP contribution < -0.4 is 10.6 Å². The van der Waals surface area contributed by atoms with Crippen molar-refractivity contribution in [2.45, 2.75) is 32.2 Å². The molecule has 0 bridgehead atoms. The zero-order valence-corrected chi connectivity index (χ0v) is 11.9. The van der Waals surface area contributed by atoms with Gasteiger partial charge in [0, 0.05) is 6.07 Å². The van der Waals surface area contributed by atoms with E-state index in [-0.39, 0.29) is 12.2 Å². The highest BCUT2D eigenvalue weighted by Gasteiger charge is 2.34. The number of anilines is 1. The maximum Gasteiger partial charge on any atom is 0.323 e. The summed E-state index contributed by atoms with van der Waals surface area (Å²) in [5.41, 5.74) is -1.49. The summed E-state index contributed by atoms with van der Waals surface area (Å²) in [6.07, 6.45) is 0.584. The zero-order valence-electron chi connectivity index (χ0n) is 11.9. The van der Waals surface area contributed by atoms with Gasteiger partial charge in [0.2, 0.25) is 5.91 Å². The molecule has 0 aliphatic carbocycles. The SMILES string of the molecule is CCC(CC)(NCC(=O)Nc1cc(F)ccc1F)C(=O)O. The van der Waals surface area contributed by atoms with Gasteiger partial charge in [0.25, 0.3) is 0 Å². The maximum absolute atomic E-state index is 13.4. The average Bonchev–Trinajstić information content (AvgIpc) is 2.44. The molecule has 0 unspecified atom stereocenters. The molecule has 0 aromatic heterocycles. The van der Waals surface area contributed by atoms with Crippen LogP contribution in [0, 0.1) is 11.6 Å². The van der Waals surface area contributed by atoms with Crippen LogP contribution in [0.3, 0.4) is 0 Å². The topological polar surface area (TPSA) is 78.4 Å². The Balaban J connectivity index is 2.70. The van der Waals surface area contributed by atoms with Crippen LogP contribution in [0.25, 0.3) is 0 Å². The number of carboxylic acids is 1. The molecule has 1 amide bonds. The lowest BCUT2D eigenvalue weighted by Crippen LogP contribution is -2.53. The standard InChI is InChI=1S/C14H18F2N2O3/c1-3-14(4-2,13(20)21)17-8-12(19)18-11-7-9(15)5-6-10(11)16/h5-7,17H,3-4,8H2,1-2H3,(H,18,19)(H,20,21). The fraction of sp³-hybridized carbons (Fsp3) is 0.429. The first-order valence-electron chi connectivity index (χ1n) is 6.58. The Bertz CT molecular complexity index is 531. The van der Waals surface area contributed by atoms with Crippen molar-refractivity contribution >= 4 is 17.6 Å². The Kier molecular flexibility index (Phi) is 5.78. The van der Waals surface area contributed by atoms with Crippen LogP contribution in [-0.2, 0) is 9.59 Å². The predicted octanol–water partition coefficient (Wildman–Crippen LogP) is 2.14. The molecule has 1 aromatic rings. The van der Waals surface area contributed by atoms with Crippen molar-refractivity contribution in [2.75, 3.05) is 11.9 Å². The molecule has 0 heterocycles. The van der Waals surface area contributed by atoms with Crippen LogP contribution in [-0.4, -0.2) is 29.1 Å². The molecule has 3 N–H and O–H groups in total. The number of hydrogen-bond acceptors (Lipinski definition) is 3. The second-order valence-corrected chi connectivity index (χ2v) is 4.62. The predicted molar refractivity (Wildman–Crippen MR) is 73.9 cm³/mol.